The number of carbonyl (C=O) groups excluding carboxylic acids is 1. The molecule has 2 N–H and O–H groups in total. The smallest absolute Gasteiger partial charge is 0.275 e. The van der Waals surface area contributed by atoms with Crippen molar-refractivity contribution in [3.63, 3.8) is 0 Å². The number of aromatic amines is 1. The lowest BCUT2D eigenvalue weighted by atomic mass is 10.1. The summed E-state index contributed by atoms with van der Waals surface area (Å²) in [5.41, 5.74) is 3.79. The lowest BCUT2D eigenvalue weighted by Gasteiger charge is -2.09. The van der Waals surface area contributed by atoms with E-state index in [0.29, 0.717) is 17.2 Å². The summed E-state index contributed by atoms with van der Waals surface area (Å²) in [7, 11) is 1.63. The van der Waals surface area contributed by atoms with Crippen LogP contribution in [0.1, 0.15) is 10.5 Å². The Morgan fingerprint density at radius 2 is 1.77 bits per heavy atom. The first-order chi connectivity index (χ1) is 14.7. The zero-order valence-electron chi connectivity index (χ0n) is 16.2. The highest BCUT2D eigenvalue weighted by Crippen LogP contribution is 2.33. The highest BCUT2D eigenvalue weighted by atomic mass is 16.5. The Morgan fingerprint density at radius 3 is 2.53 bits per heavy atom. The van der Waals surface area contributed by atoms with Crippen LogP contribution in [0, 0.1) is 0 Å². The topological polar surface area (TPSA) is 79.9 Å². The summed E-state index contributed by atoms with van der Waals surface area (Å²) < 4.78 is 5.27. The van der Waals surface area contributed by atoms with Gasteiger partial charge in [-0.05, 0) is 48.5 Å². The molecule has 6 nitrogen and oxygen atoms in total. The number of fused-ring (bicyclic) bond motifs is 3. The summed E-state index contributed by atoms with van der Waals surface area (Å²) in [5.74, 6) is 0.931. The normalized spacial score (nSPS) is 11.0. The van der Waals surface area contributed by atoms with Gasteiger partial charge < -0.3 is 15.0 Å². The number of hydrogen-bond donors (Lipinski definition) is 2. The number of H-pyrrole nitrogens is 1. The Balaban J connectivity index is 1.69. The first-order valence-corrected chi connectivity index (χ1v) is 9.51. The predicted molar refractivity (Wildman–Crippen MR) is 118 cm³/mol. The molecule has 1 amide bonds. The third-order valence-corrected chi connectivity index (χ3v) is 5.00. The van der Waals surface area contributed by atoms with Crippen LogP contribution in [0.5, 0.6) is 5.75 Å². The number of aromatic nitrogens is 3. The highest BCUT2D eigenvalue weighted by Gasteiger charge is 2.17. The molecule has 6 heteroatoms. The van der Waals surface area contributed by atoms with Crippen molar-refractivity contribution in [3.8, 4) is 17.0 Å². The van der Waals surface area contributed by atoms with Gasteiger partial charge in [0.2, 0.25) is 0 Å². The molecule has 0 spiro atoms. The third kappa shape index (κ3) is 3.14. The summed E-state index contributed by atoms with van der Waals surface area (Å²) in [6.45, 7) is 0. The Labute approximate surface area is 172 Å². The predicted octanol–water partition coefficient (Wildman–Crippen LogP) is 5.04. The van der Waals surface area contributed by atoms with E-state index in [4.69, 9.17) is 9.72 Å². The van der Waals surface area contributed by atoms with Crippen LogP contribution >= 0.6 is 0 Å². The summed E-state index contributed by atoms with van der Waals surface area (Å²) in [5, 5.41) is 4.80. The second kappa shape index (κ2) is 7.33. The van der Waals surface area contributed by atoms with Crippen molar-refractivity contribution in [1.82, 2.24) is 15.0 Å². The lowest BCUT2D eigenvalue weighted by Crippen LogP contribution is -2.15. The van der Waals surface area contributed by atoms with E-state index in [9.17, 15) is 4.79 Å². The van der Waals surface area contributed by atoms with Crippen LogP contribution in [0.15, 0.2) is 79.0 Å². The van der Waals surface area contributed by atoms with Gasteiger partial charge in [0.25, 0.3) is 5.91 Å². The lowest BCUT2D eigenvalue weighted by molar-refractivity contribution is 0.102. The van der Waals surface area contributed by atoms with Gasteiger partial charge in [0.1, 0.15) is 17.3 Å². The molecule has 0 fully saturated rings. The summed E-state index contributed by atoms with van der Waals surface area (Å²) >= 11 is 0. The molecule has 0 aliphatic carbocycles. The van der Waals surface area contributed by atoms with Gasteiger partial charge >= 0.3 is 0 Å². The number of ether oxygens (including phenoxy) is 1. The molecule has 5 aromatic rings. The van der Waals surface area contributed by atoms with Crippen molar-refractivity contribution in [1.29, 1.82) is 0 Å². The van der Waals surface area contributed by atoms with Crippen molar-refractivity contribution < 1.29 is 9.53 Å². The summed E-state index contributed by atoms with van der Waals surface area (Å²) in [6.07, 6.45) is 1.63. The van der Waals surface area contributed by atoms with Gasteiger partial charge in [-0.25, -0.2) is 9.97 Å². The van der Waals surface area contributed by atoms with Gasteiger partial charge in [-0.1, -0.05) is 24.3 Å². The zero-order chi connectivity index (χ0) is 20.5. The maximum Gasteiger partial charge on any atom is 0.275 e. The zero-order valence-corrected chi connectivity index (χ0v) is 16.2. The van der Waals surface area contributed by atoms with E-state index >= 15 is 0 Å². The standard InChI is InChI=1S/C24H18N4O2/c1-30-16-11-9-15(10-12-16)22-23-18(17-6-2-3-7-19(17)26-23)14-20(27-22)24(29)28-21-8-4-5-13-25-21/h2-14,26H,1H3,(H,25,28,29). The molecule has 0 aliphatic rings. The van der Waals surface area contributed by atoms with Crippen LogP contribution in [0.3, 0.4) is 0 Å². The number of nitrogens with zero attached hydrogens (tertiary/aromatic N) is 2. The molecule has 0 bridgehead atoms. The Kier molecular flexibility index (Phi) is 4.37. The first-order valence-electron chi connectivity index (χ1n) is 9.51. The van der Waals surface area contributed by atoms with Gasteiger partial charge in [-0.3, -0.25) is 4.79 Å². The number of para-hydroxylation sites is 1. The molecule has 0 aliphatic heterocycles. The number of pyridine rings is 2. The number of nitrogens with one attached hydrogen (secondary N) is 2. The molecular formula is C24H18N4O2. The molecule has 146 valence electrons. The molecule has 0 radical (unpaired) electrons. The average Bonchev–Trinajstić information content (AvgIpc) is 3.18. The molecule has 0 saturated carbocycles. The van der Waals surface area contributed by atoms with Crippen LogP contribution < -0.4 is 10.1 Å². The van der Waals surface area contributed by atoms with Crippen LogP contribution in [-0.2, 0) is 0 Å². The first kappa shape index (κ1) is 17.9. The number of amides is 1. The van der Waals surface area contributed by atoms with E-state index in [1.807, 2.05) is 60.7 Å². The van der Waals surface area contributed by atoms with Gasteiger partial charge in [0.15, 0.2) is 0 Å². The maximum absolute atomic E-state index is 13.0. The Hall–Kier alpha value is -4.19. The van der Waals surface area contributed by atoms with Crippen LogP contribution in [0.4, 0.5) is 5.82 Å². The van der Waals surface area contributed by atoms with Crippen LogP contribution in [-0.4, -0.2) is 28.0 Å². The SMILES string of the molecule is COc1ccc(-c2nc(C(=O)Nc3ccccn3)cc3c2[nH]c2ccccc23)cc1. The number of benzene rings is 2. The average molecular weight is 394 g/mol. The van der Waals surface area contributed by atoms with E-state index in [-0.39, 0.29) is 5.91 Å². The maximum atomic E-state index is 13.0. The number of anilines is 1. The van der Waals surface area contributed by atoms with Gasteiger partial charge in [-0.15, -0.1) is 0 Å². The molecule has 5 rings (SSSR count). The molecule has 3 aromatic heterocycles. The molecule has 0 saturated heterocycles. The minimum Gasteiger partial charge on any atom is -0.497 e. The second-order valence-corrected chi connectivity index (χ2v) is 6.85. The third-order valence-electron chi connectivity index (χ3n) is 5.00. The fourth-order valence-corrected chi connectivity index (χ4v) is 3.54. The van der Waals surface area contributed by atoms with Crippen molar-refractivity contribution in [2.24, 2.45) is 0 Å². The molecular weight excluding hydrogens is 376 g/mol. The minimum absolute atomic E-state index is 0.310. The van der Waals surface area contributed by atoms with Crippen molar-refractivity contribution in [3.05, 3.63) is 84.7 Å². The number of methoxy groups -OCH3 is 1. The van der Waals surface area contributed by atoms with Crippen LogP contribution in [0.2, 0.25) is 0 Å². The molecule has 0 unspecified atom stereocenters. The molecule has 3 heterocycles. The van der Waals surface area contributed by atoms with Crippen molar-refractivity contribution >= 4 is 33.5 Å². The number of carbonyl (C=O) groups is 1. The molecule has 0 atom stereocenters. The van der Waals surface area contributed by atoms with E-state index in [2.05, 4.69) is 15.3 Å². The monoisotopic (exact) mass is 394 g/mol. The largest absolute Gasteiger partial charge is 0.497 e. The van der Waals surface area contributed by atoms with Crippen molar-refractivity contribution in [2.75, 3.05) is 12.4 Å². The Bertz CT molecular complexity index is 1360. The van der Waals surface area contributed by atoms with E-state index in [1.165, 1.54) is 0 Å². The summed E-state index contributed by atoms with van der Waals surface area (Å²) in [6, 6.07) is 22.8. The highest BCUT2D eigenvalue weighted by molar-refractivity contribution is 6.14. The van der Waals surface area contributed by atoms with Crippen LogP contribution in [0.25, 0.3) is 33.1 Å². The number of rotatable bonds is 4. The van der Waals surface area contributed by atoms with Gasteiger partial charge in [0.05, 0.1) is 18.3 Å². The fraction of sp³-hybridized carbons (Fsp3) is 0.0417. The fourth-order valence-electron chi connectivity index (χ4n) is 3.54. The minimum atomic E-state index is -0.310. The van der Waals surface area contributed by atoms with E-state index < -0.39 is 0 Å². The molecule has 2 aromatic carbocycles. The van der Waals surface area contributed by atoms with E-state index in [0.717, 1.165) is 33.1 Å². The summed E-state index contributed by atoms with van der Waals surface area (Å²) in [4.78, 5) is 25.3. The Morgan fingerprint density at radius 1 is 0.967 bits per heavy atom. The van der Waals surface area contributed by atoms with Crippen molar-refractivity contribution in [2.45, 2.75) is 0 Å². The number of hydrogen-bond acceptors (Lipinski definition) is 4. The quantitative estimate of drug-likeness (QED) is 0.448. The van der Waals surface area contributed by atoms with Gasteiger partial charge in [-0.2, -0.15) is 0 Å². The van der Waals surface area contributed by atoms with E-state index in [1.54, 1.807) is 25.4 Å². The molecule has 30 heavy (non-hydrogen) atoms. The second-order valence-electron chi connectivity index (χ2n) is 6.85. The van der Waals surface area contributed by atoms with Gasteiger partial charge in [0, 0.05) is 28.0 Å².